The molecular weight excluding hydrogens is 386 g/mol. The van der Waals surface area contributed by atoms with E-state index in [1.165, 1.54) is 40.1 Å². The first kappa shape index (κ1) is 21.6. The van der Waals surface area contributed by atoms with Crippen molar-refractivity contribution in [3.05, 3.63) is 76.1 Å². The average molecular weight is 420 g/mol. The lowest BCUT2D eigenvalue weighted by Crippen LogP contribution is -2.25. The second-order valence-electron chi connectivity index (χ2n) is 8.29. The molecule has 0 aliphatic heterocycles. The van der Waals surface area contributed by atoms with Crippen LogP contribution in [0.3, 0.4) is 0 Å². The number of methoxy groups -OCH3 is 1. The first-order valence-electron chi connectivity index (χ1n) is 11.2. The molecule has 164 valence electrons. The summed E-state index contributed by atoms with van der Waals surface area (Å²) in [5.41, 5.74) is 8.79. The van der Waals surface area contributed by atoms with Crippen LogP contribution in [-0.4, -0.2) is 23.5 Å². The molecule has 0 bridgehead atoms. The van der Waals surface area contributed by atoms with Crippen LogP contribution in [0.2, 0.25) is 0 Å². The van der Waals surface area contributed by atoms with Crippen LogP contribution < -0.4 is 10.1 Å². The minimum absolute atomic E-state index is 0.319. The Morgan fingerprint density at radius 1 is 1.19 bits per heavy atom. The molecule has 1 heterocycles. The maximum atomic E-state index is 5.61. The van der Waals surface area contributed by atoms with Gasteiger partial charge in [0.25, 0.3) is 0 Å². The minimum atomic E-state index is 0.319. The van der Waals surface area contributed by atoms with E-state index < -0.39 is 0 Å². The van der Waals surface area contributed by atoms with Gasteiger partial charge in [0.05, 0.1) is 25.6 Å². The maximum Gasteiger partial charge on any atom is 0.124 e. The van der Waals surface area contributed by atoms with Gasteiger partial charge in [-0.15, -0.1) is 0 Å². The van der Waals surface area contributed by atoms with Gasteiger partial charge >= 0.3 is 0 Å². The third-order valence-corrected chi connectivity index (χ3v) is 6.35. The lowest BCUT2D eigenvalue weighted by molar-refractivity contribution is 0.132. The highest BCUT2D eigenvalue weighted by Crippen LogP contribution is 2.32. The molecule has 1 aliphatic rings. The summed E-state index contributed by atoms with van der Waals surface area (Å²) in [5, 5.41) is 8.56. The van der Waals surface area contributed by atoms with Gasteiger partial charge < -0.3 is 14.8 Å². The number of ether oxygens (including phenoxy) is 2. The molecule has 1 aliphatic carbocycles. The molecule has 4 rings (SSSR count). The number of rotatable bonds is 8. The number of fused-ring (bicyclic) bond motifs is 1. The van der Waals surface area contributed by atoms with Gasteiger partial charge in [0.15, 0.2) is 0 Å². The zero-order valence-electron chi connectivity index (χ0n) is 19.1. The van der Waals surface area contributed by atoms with E-state index in [1.807, 2.05) is 13.0 Å². The van der Waals surface area contributed by atoms with Crippen molar-refractivity contribution in [2.24, 2.45) is 0 Å². The Bertz CT molecular complexity index is 1040. The van der Waals surface area contributed by atoms with Gasteiger partial charge in [-0.25, -0.2) is 4.68 Å². The molecule has 3 aromatic rings. The van der Waals surface area contributed by atoms with E-state index in [1.54, 1.807) is 7.11 Å². The van der Waals surface area contributed by atoms with Gasteiger partial charge in [-0.3, -0.25) is 0 Å². The molecule has 5 heteroatoms. The van der Waals surface area contributed by atoms with Crippen molar-refractivity contribution in [3.8, 4) is 11.4 Å². The van der Waals surface area contributed by atoms with Crippen LogP contribution in [0, 0.1) is 13.8 Å². The Labute approximate surface area is 185 Å². The van der Waals surface area contributed by atoms with E-state index in [0.717, 1.165) is 30.7 Å². The fourth-order valence-corrected chi connectivity index (χ4v) is 4.45. The Morgan fingerprint density at radius 3 is 2.87 bits per heavy atom. The summed E-state index contributed by atoms with van der Waals surface area (Å²) in [6.07, 6.45) is 5.43. The van der Waals surface area contributed by atoms with E-state index in [2.05, 4.69) is 60.4 Å². The molecule has 0 unspecified atom stereocenters. The lowest BCUT2D eigenvalue weighted by atomic mass is 9.92. The molecule has 0 amide bonds. The molecule has 0 saturated carbocycles. The number of aryl methyl sites for hydroxylation is 1. The molecule has 1 N–H and O–H groups in total. The van der Waals surface area contributed by atoms with Gasteiger partial charge in [-0.2, -0.15) is 5.10 Å². The summed E-state index contributed by atoms with van der Waals surface area (Å²) in [7, 11) is 1.71. The lowest BCUT2D eigenvalue weighted by Gasteiger charge is -2.25. The number of hydrogen-bond donors (Lipinski definition) is 1. The van der Waals surface area contributed by atoms with Crippen LogP contribution >= 0.6 is 0 Å². The highest BCUT2D eigenvalue weighted by atomic mass is 16.5. The number of hydrogen-bond acceptors (Lipinski definition) is 4. The summed E-state index contributed by atoms with van der Waals surface area (Å²) in [6, 6.07) is 13.1. The van der Waals surface area contributed by atoms with Crippen molar-refractivity contribution < 1.29 is 9.47 Å². The molecule has 1 aromatic heterocycles. The van der Waals surface area contributed by atoms with Gasteiger partial charge in [0, 0.05) is 36.0 Å². The normalized spacial score (nSPS) is 15.7. The topological polar surface area (TPSA) is 48.3 Å². The molecule has 0 spiro atoms. The highest BCUT2D eigenvalue weighted by Gasteiger charge is 2.25. The van der Waals surface area contributed by atoms with Gasteiger partial charge in [-0.05, 0) is 74.9 Å². The van der Waals surface area contributed by atoms with E-state index in [-0.39, 0.29) is 0 Å². The van der Waals surface area contributed by atoms with E-state index >= 15 is 0 Å². The Morgan fingerprint density at radius 2 is 2.06 bits per heavy atom. The second kappa shape index (κ2) is 9.67. The number of benzene rings is 2. The van der Waals surface area contributed by atoms with Crippen molar-refractivity contribution in [2.75, 3.05) is 13.7 Å². The first-order chi connectivity index (χ1) is 15.1. The summed E-state index contributed by atoms with van der Waals surface area (Å²) in [5.74, 6) is 0.881. The summed E-state index contributed by atoms with van der Waals surface area (Å²) in [6.45, 7) is 8.43. The van der Waals surface area contributed by atoms with Gasteiger partial charge in [0.2, 0.25) is 0 Å². The molecule has 5 nitrogen and oxygen atoms in total. The molecule has 2 aromatic carbocycles. The predicted molar refractivity (Wildman–Crippen MR) is 124 cm³/mol. The summed E-state index contributed by atoms with van der Waals surface area (Å²) < 4.78 is 13.3. The zero-order chi connectivity index (χ0) is 21.8. The number of nitrogens with one attached hydrogen (secondary N) is 1. The molecule has 1 atom stereocenters. The molecular formula is C26H33N3O2. The van der Waals surface area contributed by atoms with Crippen molar-refractivity contribution in [1.29, 1.82) is 0 Å². The SMILES string of the molecule is CCOCc1cc(CN[C@H]2CCCc3c2cnn3-c2cccc(C)c2C)ccc1OC. The second-order valence-corrected chi connectivity index (χ2v) is 8.29. The van der Waals surface area contributed by atoms with Crippen LogP contribution in [0.4, 0.5) is 0 Å². The van der Waals surface area contributed by atoms with Gasteiger partial charge in [0.1, 0.15) is 5.75 Å². The monoisotopic (exact) mass is 419 g/mol. The first-order valence-corrected chi connectivity index (χ1v) is 11.2. The van der Waals surface area contributed by atoms with Crippen LogP contribution in [0.15, 0.2) is 42.6 Å². The third kappa shape index (κ3) is 4.53. The fraction of sp³-hybridized carbons (Fsp3) is 0.423. The van der Waals surface area contributed by atoms with E-state index in [9.17, 15) is 0 Å². The number of aromatic nitrogens is 2. The van der Waals surface area contributed by atoms with Gasteiger partial charge in [-0.1, -0.05) is 18.2 Å². The van der Waals surface area contributed by atoms with Crippen LogP contribution in [0.25, 0.3) is 5.69 Å². The Balaban J connectivity index is 1.52. The van der Waals surface area contributed by atoms with Crippen LogP contribution in [0.5, 0.6) is 5.75 Å². The van der Waals surface area contributed by atoms with E-state index in [4.69, 9.17) is 14.6 Å². The fourth-order valence-electron chi connectivity index (χ4n) is 4.45. The van der Waals surface area contributed by atoms with Crippen molar-refractivity contribution >= 4 is 0 Å². The number of nitrogens with zero attached hydrogens (tertiary/aromatic N) is 2. The predicted octanol–water partition coefficient (Wildman–Crippen LogP) is 5.20. The Hall–Kier alpha value is -2.63. The van der Waals surface area contributed by atoms with E-state index in [0.29, 0.717) is 19.3 Å². The molecule has 0 radical (unpaired) electrons. The molecule has 0 saturated heterocycles. The minimum Gasteiger partial charge on any atom is -0.496 e. The van der Waals surface area contributed by atoms with Crippen LogP contribution in [-0.2, 0) is 24.3 Å². The zero-order valence-corrected chi connectivity index (χ0v) is 19.1. The highest BCUT2D eigenvalue weighted by molar-refractivity contribution is 5.46. The van der Waals surface area contributed by atoms with Crippen LogP contribution in [0.1, 0.15) is 59.3 Å². The quantitative estimate of drug-likeness (QED) is 0.545. The van der Waals surface area contributed by atoms with Crippen molar-refractivity contribution in [1.82, 2.24) is 15.1 Å². The average Bonchev–Trinajstić information content (AvgIpc) is 3.22. The third-order valence-electron chi connectivity index (χ3n) is 6.35. The summed E-state index contributed by atoms with van der Waals surface area (Å²) in [4.78, 5) is 0. The molecule has 0 fully saturated rings. The summed E-state index contributed by atoms with van der Waals surface area (Å²) >= 11 is 0. The Kier molecular flexibility index (Phi) is 6.73. The largest absolute Gasteiger partial charge is 0.496 e. The maximum absolute atomic E-state index is 5.61. The smallest absolute Gasteiger partial charge is 0.124 e. The van der Waals surface area contributed by atoms with Crippen molar-refractivity contribution in [2.45, 2.75) is 59.2 Å². The van der Waals surface area contributed by atoms with Crippen molar-refractivity contribution in [3.63, 3.8) is 0 Å². The molecule has 31 heavy (non-hydrogen) atoms. The standard InChI is InChI=1S/C26H33N3O2/c1-5-31-17-21-14-20(12-13-26(21)30-4)15-27-23-9-7-11-25-22(23)16-28-29(25)24-10-6-8-18(2)19(24)3/h6,8,10,12-14,16,23,27H,5,7,9,11,15,17H2,1-4H3/t23-/m0/s1.